The van der Waals surface area contributed by atoms with Crippen LogP contribution in [0.3, 0.4) is 0 Å². The number of carboxylic acids is 1. The molecule has 46 heteroatoms. The lowest BCUT2D eigenvalue weighted by molar-refractivity contribution is -0.410. The van der Waals surface area contributed by atoms with Crippen LogP contribution in [0.2, 0.25) is 0 Å². The Hall–Kier alpha value is -4.19. The first-order valence-electron chi connectivity index (χ1n) is 48.6. The fraction of sp³-hybridized carbons (Fsp3) is 0.925. The van der Waals surface area contributed by atoms with Crippen molar-refractivity contribution < 1.29 is 227 Å². The quantitative estimate of drug-likeness (QED) is 0.00521. The van der Waals surface area contributed by atoms with Crippen molar-refractivity contribution in [3.05, 3.63) is 11.6 Å². The van der Waals surface area contributed by atoms with Gasteiger partial charge >= 0.3 is 23.9 Å². The summed E-state index contributed by atoms with van der Waals surface area (Å²) in [6.07, 6.45) is -56.9. The van der Waals surface area contributed by atoms with Gasteiger partial charge in [-0.3, -0.25) is 14.4 Å². The second-order valence-electron chi connectivity index (χ2n) is 42.9. The number of aliphatic hydroxyl groups is 22. The number of ether oxygens (including phenoxy) is 18. The Bertz CT molecular complexity index is 4100. The average Bonchev–Trinajstić information content (AvgIpc) is 1.55. The first kappa shape index (κ1) is 114. The SMILES string of the molecule is CC[C@H](C)[C@H](C[C@H](O)CC(=O)O[C@@H]1C(C)O[C@@H](OC(=O)[C@]23CCC(C)(C)CC2C2=CCC4[C@@]5(C)CC[C@H](O[C@@H]6OC(O)(C(=O)O)CC(O[C@@H]7OC[C@@H](O)C(O)C7O)C6O[C@@H]6OC(CO)[C@H](O)C(O)C6O)[C@@](C)(C=O)C5CC[C@@]4(C)[C@]2(C)C[C@H]3O)C(O[C@@H]2OC(C)[C@H](OCOCC(O)[C@H](O[C@@H]3OCC(O)(CO)C3O)C(C)O)C(O)C2O)C1O)OC(=O)C[C@@H](O)C[C@H](OC1(O)CO[C@@H](CO)C1O)[C@@H](C)CC. The number of esters is 3. The maximum absolute atomic E-state index is 16.3. The summed E-state index contributed by atoms with van der Waals surface area (Å²) in [5.41, 5.74) is -7.63. The lowest BCUT2D eigenvalue weighted by atomic mass is 9.33. The van der Waals surface area contributed by atoms with E-state index in [2.05, 4.69) is 26.8 Å². The first-order chi connectivity index (χ1) is 65.1. The molecule has 23 unspecified atom stereocenters. The monoisotopic (exact) mass is 2000 g/mol. The Morgan fingerprint density at radius 1 is 0.583 bits per heavy atom. The van der Waals surface area contributed by atoms with Crippen LogP contribution in [0, 0.1) is 62.1 Å². The number of hydrogen-bond acceptors (Lipinski definition) is 45. The summed E-state index contributed by atoms with van der Waals surface area (Å²) in [5, 5.41) is 255. The molecule has 800 valence electrons. The minimum Gasteiger partial charge on any atom is -0.477 e. The van der Waals surface area contributed by atoms with E-state index in [9.17, 15) is 137 Å². The van der Waals surface area contributed by atoms with Crippen molar-refractivity contribution in [1.29, 1.82) is 0 Å². The van der Waals surface area contributed by atoms with E-state index in [-0.39, 0.29) is 43.9 Å². The zero-order chi connectivity index (χ0) is 103. The van der Waals surface area contributed by atoms with Gasteiger partial charge in [0, 0.05) is 19.3 Å². The van der Waals surface area contributed by atoms with Crippen molar-refractivity contribution in [2.75, 3.05) is 53.0 Å². The normalized spacial score (nSPS) is 46.4. The van der Waals surface area contributed by atoms with Gasteiger partial charge in [0.05, 0.1) is 113 Å². The molecule has 0 amide bonds. The highest BCUT2D eigenvalue weighted by Crippen LogP contribution is 2.76. The Labute approximate surface area is 805 Å². The number of carboxylic acid groups (broad SMARTS) is 1. The number of carbonyl (C=O) groups excluding carboxylic acids is 4. The molecule has 0 spiro atoms. The van der Waals surface area contributed by atoms with Crippen LogP contribution in [-0.2, 0) is 109 Å². The number of aliphatic hydroxyl groups excluding tert-OH is 19. The third kappa shape index (κ3) is 22.7. The number of carbonyl (C=O) groups is 5. The van der Waals surface area contributed by atoms with E-state index in [0.717, 1.165) is 11.9 Å². The maximum Gasteiger partial charge on any atom is 0.364 e. The highest BCUT2D eigenvalue weighted by atomic mass is 16.8. The zero-order valence-corrected chi connectivity index (χ0v) is 80.9. The van der Waals surface area contributed by atoms with Gasteiger partial charge in [0.25, 0.3) is 5.79 Å². The van der Waals surface area contributed by atoms with E-state index >= 15 is 4.79 Å². The molecule has 7 aliphatic heterocycles. The Morgan fingerprint density at radius 2 is 1.20 bits per heavy atom. The molecule has 11 fully saturated rings. The molecule has 7 heterocycles. The minimum atomic E-state index is -3.22. The molecule has 0 bridgehead atoms. The van der Waals surface area contributed by atoms with E-state index in [1.807, 2.05) is 20.8 Å². The lowest BCUT2D eigenvalue weighted by Gasteiger charge is -2.71. The highest BCUT2D eigenvalue weighted by Gasteiger charge is 2.74. The summed E-state index contributed by atoms with van der Waals surface area (Å²) >= 11 is 0. The van der Waals surface area contributed by atoms with Gasteiger partial charge < -0.3 is 208 Å². The van der Waals surface area contributed by atoms with Gasteiger partial charge in [-0.15, -0.1) is 0 Å². The van der Waals surface area contributed by atoms with Crippen LogP contribution < -0.4 is 0 Å². The van der Waals surface area contributed by atoms with E-state index in [4.69, 9.17) is 85.3 Å². The molecule has 4 saturated carbocycles. The fourth-order valence-corrected chi connectivity index (χ4v) is 23.9. The van der Waals surface area contributed by atoms with Crippen molar-refractivity contribution in [1.82, 2.24) is 0 Å². The summed E-state index contributed by atoms with van der Waals surface area (Å²) in [4.78, 5) is 72.0. The molecule has 7 saturated heterocycles. The molecule has 48 atom stereocenters. The number of allylic oxidation sites excluding steroid dienone is 2. The molecule has 139 heavy (non-hydrogen) atoms. The minimum absolute atomic E-state index is 0.0197. The predicted octanol–water partition coefficient (Wildman–Crippen LogP) is -4.70. The van der Waals surface area contributed by atoms with Gasteiger partial charge in [-0.05, 0) is 130 Å². The number of fused-ring (bicyclic) bond motifs is 7. The predicted molar refractivity (Wildman–Crippen MR) is 465 cm³/mol. The molecular formula is C93H152O46. The standard InChI is InChI=1S/C93H152O46/c1-14-40(3)51(129-60(104)26-46(100)25-52(41(4)15-2)138-93(121)38-124-55(32-95)75(93)114)24-45(99)27-61(105)133-72-44(7)128-80(74(69(72)113)136-78-68(112)65(109)71(43(6)127-78)126-39-122-33-50(102)70(42(5)98)134-82-76(115)90(119,36-97)37-125-82)137-84(118)91-23-22-85(8,9)28-48(91)47-16-17-57-86(10)20-19-59(87(11,35-96)56(86)18-21-88(57,12)89(47,13)30-58(91)103)132-81-73(135-79-67(111)64(108)63(107)54(31-94)131-79)53(29-92(120,139-81)83(116)117)130-77-66(110)62(106)49(101)34-123-77/h16,35,40-46,48-59,62-82,94-95,97-103,106-115,119-121H,14-15,17-34,36-39H2,1-13H3,(H,116,117)/t40-,41-,42?,43?,44?,45-,46-,48?,49+,50?,51-,52-,53?,54?,55-,56?,57?,58+,59-,62?,63-,64?,65?,66?,67?,68?,69?,70+,71-,72+,73?,74?,75?,76?,77-,78-,79-,80-,81+,82-,86-,87-,88+,89+,90?,91+,92?,93?/m0/s1. The topological polar surface area (TPSA) is 717 Å². The van der Waals surface area contributed by atoms with E-state index < -0.39 is 378 Å². The van der Waals surface area contributed by atoms with Crippen LogP contribution in [0.4, 0.5) is 0 Å². The molecule has 12 aliphatic rings. The number of hydrogen-bond donors (Lipinski definition) is 23. The van der Waals surface area contributed by atoms with Gasteiger partial charge in [0.1, 0.15) is 141 Å². The molecule has 12 rings (SSSR count). The van der Waals surface area contributed by atoms with Gasteiger partial charge in [-0.1, -0.05) is 93.7 Å². The zero-order valence-electron chi connectivity index (χ0n) is 80.9. The van der Waals surface area contributed by atoms with Gasteiger partial charge in [-0.25, -0.2) is 4.79 Å². The van der Waals surface area contributed by atoms with Crippen LogP contribution >= 0.6 is 0 Å². The number of rotatable bonds is 40. The number of aliphatic carboxylic acids is 1. The van der Waals surface area contributed by atoms with Crippen LogP contribution in [-0.4, -0.2) is 433 Å². The van der Waals surface area contributed by atoms with Gasteiger partial charge in [0.2, 0.25) is 12.1 Å². The average molecular weight is 2010 g/mol. The first-order valence-corrected chi connectivity index (χ1v) is 48.6. The van der Waals surface area contributed by atoms with E-state index in [1.165, 1.54) is 20.8 Å². The summed E-state index contributed by atoms with van der Waals surface area (Å²) in [6, 6.07) is 0. The maximum atomic E-state index is 16.3. The summed E-state index contributed by atoms with van der Waals surface area (Å²) < 4.78 is 107. The third-order valence-corrected chi connectivity index (χ3v) is 33.1. The van der Waals surface area contributed by atoms with E-state index in [0.29, 0.717) is 51.4 Å². The molecule has 23 N–H and O–H groups in total. The second kappa shape index (κ2) is 45.1. The summed E-state index contributed by atoms with van der Waals surface area (Å²) in [5.74, 6) is -13.0. The summed E-state index contributed by atoms with van der Waals surface area (Å²) in [6.45, 7) is 17.7. The van der Waals surface area contributed by atoms with Gasteiger partial charge in [-0.2, -0.15) is 0 Å². The molecule has 0 aromatic heterocycles. The lowest BCUT2D eigenvalue weighted by Crippen LogP contribution is -2.69. The van der Waals surface area contributed by atoms with Crippen LogP contribution in [0.25, 0.3) is 0 Å². The van der Waals surface area contributed by atoms with Crippen LogP contribution in [0.1, 0.15) is 193 Å². The molecule has 0 aromatic carbocycles. The number of aldehydes is 1. The smallest absolute Gasteiger partial charge is 0.364 e. The molecule has 0 aromatic rings. The van der Waals surface area contributed by atoms with Crippen molar-refractivity contribution in [3.8, 4) is 0 Å². The molecule has 46 nitrogen and oxygen atoms in total. The fourth-order valence-electron chi connectivity index (χ4n) is 23.9. The van der Waals surface area contributed by atoms with Crippen molar-refractivity contribution >= 4 is 30.2 Å². The largest absolute Gasteiger partial charge is 0.477 e. The summed E-state index contributed by atoms with van der Waals surface area (Å²) in [7, 11) is 0. The molecule has 5 aliphatic carbocycles. The Balaban J connectivity index is 0.783. The third-order valence-electron chi connectivity index (χ3n) is 33.1. The Kier molecular flexibility index (Phi) is 36.8. The van der Waals surface area contributed by atoms with Gasteiger partial charge in [0.15, 0.2) is 43.7 Å². The van der Waals surface area contributed by atoms with E-state index in [1.54, 1.807) is 27.7 Å². The van der Waals surface area contributed by atoms with Crippen molar-refractivity contribution in [3.63, 3.8) is 0 Å². The highest BCUT2D eigenvalue weighted by molar-refractivity contribution is 5.80. The molecular weight excluding hydrogens is 1850 g/mol. The van der Waals surface area contributed by atoms with Crippen LogP contribution in [0.15, 0.2) is 11.6 Å². The van der Waals surface area contributed by atoms with Crippen LogP contribution in [0.5, 0.6) is 0 Å². The second-order valence-corrected chi connectivity index (χ2v) is 42.9. The van der Waals surface area contributed by atoms with Crippen molar-refractivity contribution in [2.24, 2.45) is 62.1 Å². The van der Waals surface area contributed by atoms with Crippen molar-refractivity contribution in [2.45, 2.75) is 425 Å². The molecule has 0 radical (unpaired) electrons. The Morgan fingerprint density at radius 3 is 1.83 bits per heavy atom.